The predicted octanol–water partition coefficient (Wildman–Crippen LogP) is 5.02. The highest BCUT2D eigenvalue weighted by Gasteiger charge is 2.36. The Bertz CT molecular complexity index is 355. The van der Waals surface area contributed by atoms with Gasteiger partial charge in [-0.1, -0.05) is 44.7 Å². The molecule has 1 aliphatic carbocycles. The van der Waals surface area contributed by atoms with E-state index in [0.717, 1.165) is 10.9 Å². The third kappa shape index (κ3) is 3.04. The molecule has 1 aromatic rings. The molecular formula is C14H22ClNS. The van der Waals surface area contributed by atoms with Crippen LogP contribution in [0, 0.1) is 5.41 Å². The fourth-order valence-electron chi connectivity index (χ4n) is 3.03. The zero-order valence-electron chi connectivity index (χ0n) is 10.8. The molecule has 0 aromatic carbocycles. The van der Waals surface area contributed by atoms with Gasteiger partial charge in [0.25, 0.3) is 0 Å². The second kappa shape index (κ2) is 5.73. The highest BCUT2D eigenvalue weighted by atomic mass is 35.5. The van der Waals surface area contributed by atoms with Gasteiger partial charge in [-0.25, -0.2) is 0 Å². The monoisotopic (exact) mass is 271 g/mol. The summed E-state index contributed by atoms with van der Waals surface area (Å²) in [7, 11) is 0. The molecule has 0 bridgehead atoms. The second-order valence-corrected chi connectivity index (χ2v) is 7.09. The van der Waals surface area contributed by atoms with E-state index in [1.165, 1.54) is 37.0 Å². The summed E-state index contributed by atoms with van der Waals surface area (Å²) < 4.78 is 0.905. The summed E-state index contributed by atoms with van der Waals surface area (Å²) in [4.78, 5) is 1.40. The SMILES string of the molecule is CCNC(c1ccc(Cl)s1)C1(C)CCCCC1. The van der Waals surface area contributed by atoms with Gasteiger partial charge in [-0.3, -0.25) is 0 Å². The van der Waals surface area contributed by atoms with Gasteiger partial charge in [0.15, 0.2) is 0 Å². The molecule has 1 N–H and O–H groups in total. The van der Waals surface area contributed by atoms with Crippen LogP contribution in [-0.4, -0.2) is 6.54 Å². The Balaban J connectivity index is 2.21. The van der Waals surface area contributed by atoms with Gasteiger partial charge in [-0.15, -0.1) is 11.3 Å². The van der Waals surface area contributed by atoms with Crippen LogP contribution in [0.2, 0.25) is 4.34 Å². The number of hydrogen-bond donors (Lipinski definition) is 1. The van der Waals surface area contributed by atoms with Crippen LogP contribution >= 0.6 is 22.9 Å². The Labute approximate surface area is 114 Å². The van der Waals surface area contributed by atoms with Gasteiger partial charge in [0, 0.05) is 10.9 Å². The maximum absolute atomic E-state index is 6.08. The van der Waals surface area contributed by atoms with Crippen LogP contribution < -0.4 is 5.32 Å². The van der Waals surface area contributed by atoms with Gasteiger partial charge in [0.2, 0.25) is 0 Å². The molecule has 1 heterocycles. The molecule has 1 unspecified atom stereocenters. The Morgan fingerprint density at radius 3 is 2.59 bits per heavy atom. The van der Waals surface area contributed by atoms with Crippen molar-refractivity contribution in [1.29, 1.82) is 0 Å². The van der Waals surface area contributed by atoms with Crippen molar-refractivity contribution in [3.05, 3.63) is 21.3 Å². The fraction of sp³-hybridized carbons (Fsp3) is 0.714. The lowest BCUT2D eigenvalue weighted by Gasteiger charge is -2.41. The number of nitrogens with one attached hydrogen (secondary N) is 1. The van der Waals surface area contributed by atoms with Crippen LogP contribution in [0.3, 0.4) is 0 Å². The summed E-state index contributed by atoms with van der Waals surface area (Å²) in [5.41, 5.74) is 0.405. The maximum atomic E-state index is 6.08. The summed E-state index contributed by atoms with van der Waals surface area (Å²) in [6.45, 7) is 5.65. The smallest absolute Gasteiger partial charge is 0.0931 e. The lowest BCUT2D eigenvalue weighted by molar-refractivity contribution is 0.148. The van der Waals surface area contributed by atoms with Crippen molar-refractivity contribution in [2.24, 2.45) is 5.41 Å². The molecule has 0 aliphatic heterocycles. The number of halogens is 1. The Hall–Kier alpha value is -0.0500. The summed E-state index contributed by atoms with van der Waals surface area (Å²) in [6, 6.07) is 4.70. The zero-order chi connectivity index (χ0) is 12.3. The number of rotatable bonds is 4. The predicted molar refractivity (Wildman–Crippen MR) is 76.9 cm³/mol. The summed E-state index contributed by atoms with van der Waals surface area (Å²) in [5, 5.41) is 3.67. The van der Waals surface area contributed by atoms with Crippen molar-refractivity contribution >= 4 is 22.9 Å². The van der Waals surface area contributed by atoms with E-state index in [9.17, 15) is 0 Å². The summed E-state index contributed by atoms with van der Waals surface area (Å²) in [6.07, 6.45) is 6.81. The third-order valence-electron chi connectivity index (χ3n) is 3.98. The van der Waals surface area contributed by atoms with Crippen LogP contribution in [0.5, 0.6) is 0 Å². The fourth-order valence-corrected chi connectivity index (χ4v) is 4.34. The second-order valence-electron chi connectivity index (χ2n) is 5.35. The van der Waals surface area contributed by atoms with Crippen LogP contribution in [-0.2, 0) is 0 Å². The highest BCUT2D eigenvalue weighted by Crippen LogP contribution is 2.47. The molecule has 1 saturated carbocycles. The molecular weight excluding hydrogens is 250 g/mol. The largest absolute Gasteiger partial charge is 0.309 e. The van der Waals surface area contributed by atoms with Gasteiger partial charge in [0.05, 0.1) is 4.34 Å². The van der Waals surface area contributed by atoms with Gasteiger partial charge in [0.1, 0.15) is 0 Å². The molecule has 0 spiro atoms. The minimum atomic E-state index is 0.405. The normalized spacial score (nSPS) is 21.4. The minimum absolute atomic E-state index is 0.405. The molecule has 1 fully saturated rings. The van der Waals surface area contributed by atoms with Crippen molar-refractivity contribution in [3.63, 3.8) is 0 Å². The summed E-state index contributed by atoms with van der Waals surface area (Å²) in [5.74, 6) is 0. The zero-order valence-corrected chi connectivity index (χ0v) is 12.3. The molecule has 17 heavy (non-hydrogen) atoms. The molecule has 1 atom stereocenters. The molecule has 1 nitrogen and oxygen atoms in total. The van der Waals surface area contributed by atoms with Crippen molar-refractivity contribution in [2.45, 2.75) is 52.0 Å². The lowest BCUT2D eigenvalue weighted by atomic mass is 9.70. The molecule has 2 rings (SSSR count). The lowest BCUT2D eigenvalue weighted by Crippen LogP contribution is -2.37. The molecule has 3 heteroatoms. The number of hydrogen-bond acceptors (Lipinski definition) is 2. The Morgan fingerprint density at radius 1 is 1.35 bits per heavy atom. The van der Waals surface area contributed by atoms with E-state index >= 15 is 0 Å². The van der Waals surface area contributed by atoms with E-state index in [1.807, 2.05) is 6.07 Å². The van der Waals surface area contributed by atoms with Crippen LogP contribution in [0.1, 0.15) is 56.9 Å². The average molecular weight is 272 g/mol. The van der Waals surface area contributed by atoms with Crippen LogP contribution in [0.25, 0.3) is 0 Å². The number of thiophene rings is 1. The average Bonchev–Trinajstić information content (AvgIpc) is 2.73. The maximum Gasteiger partial charge on any atom is 0.0931 e. The summed E-state index contributed by atoms with van der Waals surface area (Å²) >= 11 is 7.81. The van der Waals surface area contributed by atoms with E-state index in [-0.39, 0.29) is 0 Å². The van der Waals surface area contributed by atoms with E-state index in [2.05, 4.69) is 25.2 Å². The Kier molecular flexibility index (Phi) is 4.51. The van der Waals surface area contributed by atoms with Crippen molar-refractivity contribution in [1.82, 2.24) is 5.32 Å². The first-order chi connectivity index (χ1) is 8.15. The van der Waals surface area contributed by atoms with E-state index in [4.69, 9.17) is 11.6 Å². The van der Waals surface area contributed by atoms with Crippen LogP contribution in [0.15, 0.2) is 12.1 Å². The van der Waals surface area contributed by atoms with Gasteiger partial charge < -0.3 is 5.32 Å². The van der Waals surface area contributed by atoms with E-state index < -0.39 is 0 Å². The van der Waals surface area contributed by atoms with E-state index in [0.29, 0.717) is 11.5 Å². The first-order valence-electron chi connectivity index (χ1n) is 6.64. The highest BCUT2D eigenvalue weighted by molar-refractivity contribution is 7.16. The third-order valence-corrected chi connectivity index (χ3v) is 5.28. The Morgan fingerprint density at radius 2 is 2.06 bits per heavy atom. The first-order valence-corrected chi connectivity index (χ1v) is 7.84. The topological polar surface area (TPSA) is 12.0 Å². The molecule has 96 valence electrons. The first kappa shape index (κ1) is 13.4. The van der Waals surface area contributed by atoms with Gasteiger partial charge in [-0.05, 0) is 36.9 Å². The minimum Gasteiger partial charge on any atom is -0.309 e. The molecule has 1 aliphatic rings. The molecule has 1 aromatic heterocycles. The molecule has 0 amide bonds. The van der Waals surface area contributed by atoms with Crippen molar-refractivity contribution in [3.8, 4) is 0 Å². The molecule has 0 saturated heterocycles. The standard InChI is InChI=1S/C14H22ClNS/c1-3-16-13(11-7-8-12(15)17-11)14(2)9-5-4-6-10-14/h7-8,13,16H,3-6,9-10H2,1-2H3. The van der Waals surface area contributed by atoms with Crippen LogP contribution in [0.4, 0.5) is 0 Å². The van der Waals surface area contributed by atoms with Gasteiger partial charge >= 0.3 is 0 Å². The molecule has 0 radical (unpaired) electrons. The van der Waals surface area contributed by atoms with Crippen molar-refractivity contribution < 1.29 is 0 Å². The van der Waals surface area contributed by atoms with Gasteiger partial charge in [-0.2, -0.15) is 0 Å². The van der Waals surface area contributed by atoms with Crippen molar-refractivity contribution in [2.75, 3.05) is 6.54 Å². The quantitative estimate of drug-likeness (QED) is 0.811. The van der Waals surface area contributed by atoms with E-state index in [1.54, 1.807) is 11.3 Å².